The van der Waals surface area contributed by atoms with E-state index in [0.29, 0.717) is 4.90 Å². The van der Waals surface area contributed by atoms with Gasteiger partial charge in [0, 0.05) is 6.04 Å². The molecule has 0 saturated heterocycles. The fourth-order valence-electron chi connectivity index (χ4n) is 2.14. The van der Waals surface area contributed by atoms with Crippen LogP contribution >= 0.6 is 0 Å². The van der Waals surface area contributed by atoms with Gasteiger partial charge in [-0.05, 0) is 42.5 Å². The van der Waals surface area contributed by atoms with Gasteiger partial charge >= 0.3 is 0 Å². The van der Waals surface area contributed by atoms with Crippen molar-refractivity contribution in [3.8, 4) is 0 Å². The molecule has 1 aliphatic carbocycles. The monoisotopic (exact) mass is 287 g/mol. The molecular formula is C16H17NO2S. The van der Waals surface area contributed by atoms with Crippen LogP contribution in [0.15, 0.2) is 59.5 Å². The van der Waals surface area contributed by atoms with Crippen LogP contribution < -0.4 is 4.72 Å². The predicted octanol–water partition coefficient (Wildman–Crippen LogP) is 2.72. The minimum Gasteiger partial charge on any atom is -0.208 e. The van der Waals surface area contributed by atoms with Crippen molar-refractivity contribution in [1.82, 2.24) is 4.72 Å². The molecule has 0 unspecified atom stereocenters. The molecule has 3 rings (SSSR count). The zero-order chi connectivity index (χ0) is 14.0. The molecule has 0 atom stereocenters. The Kier molecular flexibility index (Phi) is 3.59. The van der Waals surface area contributed by atoms with E-state index < -0.39 is 10.0 Å². The van der Waals surface area contributed by atoms with E-state index in [1.165, 1.54) is 5.56 Å². The molecule has 0 aliphatic heterocycles. The van der Waals surface area contributed by atoms with Gasteiger partial charge in [0.1, 0.15) is 0 Å². The molecule has 0 heterocycles. The highest BCUT2D eigenvalue weighted by atomic mass is 32.2. The second kappa shape index (κ2) is 5.38. The van der Waals surface area contributed by atoms with Crippen LogP contribution in [0.2, 0.25) is 0 Å². The Morgan fingerprint density at radius 2 is 1.65 bits per heavy atom. The first-order valence-corrected chi connectivity index (χ1v) is 8.27. The third-order valence-electron chi connectivity index (χ3n) is 3.36. The fourth-order valence-corrected chi connectivity index (χ4v) is 3.52. The summed E-state index contributed by atoms with van der Waals surface area (Å²) < 4.78 is 27.1. The molecule has 1 N–H and O–H groups in total. The summed E-state index contributed by atoms with van der Waals surface area (Å²) in [6.07, 6.45) is 2.64. The van der Waals surface area contributed by atoms with Crippen LogP contribution in [-0.2, 0) is 16.4 Å². The van der Waals surface area contributed by atoms with Crippen molar-refractivity contribution >= 4 is 10.0 Å². The summed E-state index contributed by atoms with van der Waals surface area (Å²) in [5.41, 5.74) is 2.19. The Hall–Kier alpha value is -1.65. The minimum atomic E-state index is -3.36. The molecule has 2 aromatic rings. The summed E-state index contributed by atoms with van der Waals surface area (Å²) in [7, 11) is -3.36. The van der Waals surface area contributed by atoms with E-state index in [1.807, 2.05) is 36.4 Å². The van der Waals surface area contributed by atoms with Gasteiger partial charge in [0.2, 0.25) is 10.0 Å². The molecule has 0 amide bonds. The van der Waals surface area contributed by atoms with Gasteiger partial charge in [-0.3, -0.25) is 0 Å². The van der Waals surface area contributed by atoms with E-state index in [9.17, 15) is 8.42 Å². The zero-order valence-corrected chi connectivity index (χ0v) is 11.9. The SMILES string of the molecule is O=S(=O)(NC1CC1)c1cccc(Cc2ccccc2)c1. The molecule has 104 valence electrons. The molecule has 1 aliphatic rings. The molecule has 4 heteroatoms. The van der Waals surface area contributed by atoms with Crippen molar-refractivity contribution in [1.29, 1.82) is 0 Å². The molecule has 0 bridgehead atoms. The molecule has 2 aromatic carbocycles. The third-order valence-corrected chi connectivity index (χ3v) is 4.88. The number of nitrogens with one attached hydrogen (secondary N) is 1. The Bertz CT molecular complexity index is 691. The van der Waals surface area contributed by atoms with Crippen molar-refractivity contribution in [2.75, 3.05) is 0 Å². The number of rotatable bonds is 5. The van der Waals surface area contributed by atoms with Crippen LogP contribution in [0, 0.1) is 0 Å². The minimum absolute atomic E-state index is 0.137. The number of hydrogen-bond donors (Lipinski definition) is 1. The zero-order valence-electron chi connectivity index (χ0n) is 11.1. The van der Waals surface area contributed by atoms with E-state index in [-0.39, 0.29) is 6.04 Å². The van der Waals surface area contributed by atoms with Gasteiger partial charge in [0.05, 0.1) is 4.90 Å². The van der Waals surface area contributed by atoms with Gasteiger partial charge < -0.3 is 0 Å². The normalized spacial score (nSPS) is 15.2. The molecule has 0 aromatic heterocycles. The van der Waals surface area contributed by atoms with Gasteiger partial charge in [-0.25, -0.2) is 13.1 Å². The number of sulfonamides is 1. The van der Waals surface area contributed by atoms with E-state index >= 15 is 0 Å². The number of hydrogen-bond acceptors (Lipinski definition) is 2. The standard InChI is InChI=1S/C16H17NO2S/c18-20(19,17-15-9-10-15)16-8-4-7-14(12-16)11-13-5-2-1-3-6-13/h1-8,12,15,17H,9-11H2. The van der Waals surface area contributed by atoms with Crippen LogP contribution in [0.4, 0.5) is 0 Å². The molecule has 0 radical (unpaired) electrons. The van der Waals surface area contributed by atoms with Crippen molar-refractivity contribution in [3.63, 3.8) is 0 Å². The Labute approximate surface area is 119 Å². The second-order valence-electron chi connectivity index (χ2n) is 5.21. The largest absolute Gasteiger partial charge is 0.240 e. The lowest BCUT2D eigenvalue weighted by Gasteiger charge is -2.08. The summed E-state index contributed by atoms with van der Waals surface area (Å²) in [5, 5.41) is 0. The predicted molar refractivity (Wildman–Crippen MR) is 79.0 cm³/mol. The van der Waals surface area contributed by atoms with Gasteiger partial charge in [-0.2, -0.15) is 0 Å². The Morgan fingerprint density at radius 1 is 0.950 bits per heavy atom. The summed E-state index contributed by atoms with van der Waals surface area (Å²) >= 11 is 0. The van der Waals surface area contributed by atoms with Crippen LogP contribution in [0.5, 0.6) is 0 Å². The molecule has 3 nitrogen and oxygen atoms in total. The van der Waals surface area contributed by atoms with Crippen molar-refractivity contribution in [2.45, 2.75) is 30.2 Å². The highest BCUT2D eigenvalue weighted by molar-refractivity contribution is 7.89. The molecule has 0 spiro atoms. The Morgan fingerprint density at radius 3 is 2.35 bits per heavy atom. The van der Waals surface area contributed by atoms with Gasteiger partial charge in [-0.15, -0.1) is 0 Å². The van der Waals surface area contributed by atoms with E-state index in [4.69, 9.17) is 0 Å². The molecular weight excluding hydrogens is 270 g/mol. The van der Waals surface area contributed by atoms with E-state index in [0.717, 1.165) is 24.8 Å². The highest BCUT2D eigenvalue weighted by Crippen LogP contribution is 2.22. The summed E-state index contributed by atoms with van der Waals surface area (Å²) in [6.45, 7) is 0. The van der Waals surface area contributed by atoms with Gasteiger partial charge in [0.25, 0.3) is 0 Å². The maximum absolute atomic E-state index is 12.2. The Balaban J connectivity index is 1.82. The highest BCUT2D eigenvalue weighted by Gasteiger charge is 2.27. The fraction of sp³-hybridized carbons (Fsp3) is 0.250. The van der Waals surface area contributed by atoms with Crippen LogP contribution in [0.25, 0.3) is 0 Å². The third kappa shape index (κ3) is 3.26. The van der Waals surface area contributed by atoms with Crippen LogP contribution in [0.1, 0.15) is 24.0 Å². The van der Waals surface area contributed by atoms with E-state index in [2.05, 4.69) is 4.72 Å². The molecule has 20 heavy (non-hydrogen) atoms. The first kappa shape index (κ1) is 13.3. The second-order valence-corrected chi connectivity index (χ2v) is 6.92. The lowest BCUT2D eigenvalue weighted by Crippen LogP contribution is -2.25. The van der Waals surface area contributed by atoms with Crippen molar-refractivity contribution in [2.24, 2.45) is 0 Å². The summed E-state index contributed by atoms with van der Waals surface area (Å²) in [4.78, 5) is 0.359. The lowest BCUT2D eigenvalue weighted by atomic mass is 10.1. The average molecular weight is 287 g/mol. The van der Waals surface area contributed by atoms with Gasteiger partial charge in [0.15, 0.2) is 0 Å². The quantitative estimate of drug-likeness (QED) is 0.919. The van der Waals surface area contributed by atoms with Crippen LogP contribution in [-0.4, -0.2) is 14.5 Å². The van der Waals surface area contributed by atoms with Crippen molar-refractivity contribution in [3.05, 3.63) is 65.7 Å². The van der Waals surface area contributed by atoms with Crippen molar-refractivity contribution < 1.29 is 8.42 Å². The smallest absolute Gasteiger partial charge is 0.208 e. The lowest BCUT2D eigenvalue weighted by molar-refractivity contribution is 0.581. The summed E-state index contributed by atoms with van der Waals surface area (Å²) in [5.74, 6) is 0. The van der Waals surface area contributed by atoms with Gasteiger partial charge in [-0.1, -0.05) is 42.5 Å². The first-order valence-electron chi connectivity index (χ1n) is 6.79. The molecule has 1 fully saturated rings. The molecule has 1 saturated carbocycles. The maximum atomic E-state index is 12.2. The maximum Gasteiger partial charge on any atom is 0.240 e. The number of benzene rings is 2. The average Bonchev–Trinajstić information content (AvgIpc) is 3.23. The summed E-state index contributed by atoms with van der Waals surface area (Å²) in [6, 6.07) is 17.4. The van der Waals surface area contributed by atoms with E-state index in [1.54, 1.807) is 18.2 Å². The first-order chi connectivity index (χ1) is 9.63. The topological polar surface area (TPSA) is 46.2 Å². The van der Waals surface area contributed by atoms with Crippen LogP contribution in [0.3, 0.4) is 0 Å².